The number of rotatable bonds is 6. The highest BCUT2D eigenvalue weighted by Crippen LogP contribution is 2.38. The van der Waals surface area contributed by atoms with E-state index in [1.54, 1.807) is 7.11 Å². The number of furan rings is 1. The summed E-state index contributed by atoms with van der Waals surface area (Å²) >= 11 is 6.82. The van der Waals surface area contributed by atoms with Crippen LogP contribution in [0.25, 0.3) is 0 Å². The average molecular weight is 397 g/mol. The van der Waals surface area contributed by atoms with E-state index >= 15 is 0 Å². The molecule has 1 saturated heterocycles. The summed E-state index contributed by atoms with van der Waals surface area (Å²) in [6.07, 6.45) is 2.29. The summed E-state index contributed by atoms with van der Waals surface area (Å²) in [5.41, 5.74) is 0. The fourth-order valence-electron chi connectivity index (χ4n) is 2.33. The van der Waals surface area contributed by atoms with Crippen molar-refractivity contribution in [3.05, 3.63) is 21.0 Å². The average Bonchev–Trinajstić information content (AvgIpc) is 2.75. The second-order valence-corrected chi connectivity index (χ2v) is 6.24. The van der Waals surface area contributed by atoms with Crippen molar-refractivity contribution >= 4 is 31.9 Å². The SMILES string of the molecule is COCCNCC1CCCOC1c1cc(Br)c(Br)o1. The lowest BCUT2D eigenvalue weighted by Crippen LogP contribution is -2.33. The molecule has 4 nitrogen and oxygen atoms in total. The number of nitrogens with one attached hydrogen (secondary N) is 1. The number of hydrogen-bond acceptors (Lipinski definition) is 4. The Morgan fingerprint density at radius 2 is 2.32 bits per heavy atom. The van der Waals surface area contributed by atoms with E-state index in [1.165, 1.54) is 0 Å². The predicted molar refractivity (Wildman–Crippen MR) is 80.3 cm³/mol. The standard InChI is InChI=1S/C13H19Br2NO3/c1-17-6-4-16-8-9-3-2-5-18-12(9)11-7-10(14)13(15)19-11/h7,9,12,16H,2-6,8H2,1H3. The first-order chi connectivity index (χ1) is 9.22. The molecular weight excluding hydrogens is 378 g/mol. The van der Waals surface area contributed by atoms with Crippen molar-refractivity contribution in [3.63, 3.8) is 0 Å². The maximum absolute atomic E-state index is 5.90. The molecule has 0 radical (unpaired) electrons. The van der Waals surface area contributed by atoms with Gasteiger partial charge < -0.3 is 19.2 Å². The van der Waals surface area contributed by atoms with E-state index < -0.39 is 0 Å². The summed E-state index contributed by atoms with van der Waals surface area (Å²) in [5, 5.41) is 3.41. The topological polar surface area (TPSA) is 43.6 Å². The molecule has 0 saturated carbocycles. The third-order valence-corrected chi connectivity index (χ3v) is 4.99. The normalized spacial score (nSPS) is 23.7. The zero-order valence-corrected chi connectivity index (χ0v) is 14.1. The van der Waals surface area contributed by atoms with Crippen LogP contribution in [0.5, 0.6) is 0 Å². The highest BCUT2D eigenvalue weighted by atomic mass is 79.9. The Hall–Kier alpha value is 0.120. The van der Waals surface area contributed by atoms with E-state index in [-0.39, 0.29) is 6.10 Å². The van der Waals surface area contributed by atoms with Crippen molar-refractivity contribution in [3.8, 4) is 0 Å². The van der Waals surface area contributed by atoms with Crippen molar-refractivity contribution in [2.24, 2.45) is 5.92 Å². The van der Waals surface area contributed by atoms with E-state index in [4.69, 9.17) is 13.9 Å². The first-order valence-electron chi connectivity index (χ1n) is 6.48. The van der Waals surface area contributed by atoms with Crippen molar-refractivity contribution in [2.75, 3.05) is 33.4 Å². The van der Waals surface area contributed by atoms with Crippen molar-refractivity contribution in [1.29, 1.82) is 0 Å². The molecule has 0 bridgehead atoms. The summed E-state index contributed by atoms with van der Waals surface area (Å²) in [4.78, 5) is 0. The Kier molecular flexibility index (Phi) is 6.35. The molecule has 0 spiro atoms. The van der Waals surface area contributed by atoms with Crippen LogP contribution < -0.4 is 5.32 Å². The molecule has 1 aliphatic heterocycles. The maximum atomic E-state index is 5.90. The minimum Gasteiger partial charge on any atom is -0.450 e. The molecule has 0 amide bonds. The van der Waals surface area contributed by atoms with E-state index in [2.05, 4.69) is 37.2 Å². The summed E-state index contributed by atoms with van der Waals surface area (Å²) < 4.78 is 18.3. The van der Waals surface area contributed by atoms with Gasteiger partial charge in [-0.25, -0.2) is 0 Å². The Morgan fingerprint density at radius 1 is 1.47 bits per heavy atom. The summed E-state index contributed by atoms with van der Waals surface area (Å²) in [5.74, 6) is 1.33. The first-order valence-corrected chi connectivity index (χ1v) is 8.07. The Morgan fingerprint density at radius 3 is 3.00 bits per heavy atom. The molecule has 2 rings (SSSR count). The maximum Gasteiger partial charge on any atom is 0.183 e. The van der Waals surface area contributed by atoms with Gasteiger partial charge >= 0.3 is 0 Å². The van der Waals surface area contributed by atoms with Crippen molar-refractivity contribution < 1.29 is 13.9 Å². The van der Waals surface area contributed by atoms with Crippen LogP contribution in [0, 0.1) is 5.92 Å². The van der Waals surface area contributed by atoms with Gasteiger partial charge in [0.2, 0.25) is 0 Å². The molecule has 2 unspecified atom stereocenters. The molecule has 0 aliphatic carbocycles. The molecule has 2 heterocycles. The molecule has 19 heavy (non-hydrogen) atoms. The molecule has 1 fully saturated rings. The molecule has 0 aromatic carbocycles. The van der Waals surface area contributed by atoms with Crippen molar-refractivity contribution in [2.45, 2.75) is 18.9 Å². The zero-order valence-electron chi connectivity index (χ0n) is 11.0. The summed E-state index contributed by atoms with van der Waals surface area (Å²) in [7, 11) is 1.71. The highest BCUT2D eigenvalue weighted by Gasteiger charge is 2.30. The number of ether oxygens (including phenoxy) is 2. The number of methoxy groups -OCH3 is 1. The lowest BCUT2D eigenvalue weighted by Gasteiger charge is -2.30. The second kappa shape index (κ2) is 7.78. The van der Waals surface area contributed by atoms with Crippen LogP contribution in [0.4, 0.5) is 0 Å². The molecule has 108 valence electrons. The Balaban J connectivity index is 1.95. The summed E-state index contributed by atoms with van der Waals surface area (Å²) in [6, 6.07) is 1.99. The van der Waals surface area contributed by atoms with E-state index in [9.17, 15) is 0 Å². The predicted octanol–water partition coefficient (Wildman–Crippen LogP) is 3.51. The minimum absolute atomic E-state index is 0.0337. The molecule has 6 heteroatoms. The van der Waals surface area contributed by atoms with Crippen LogP contribution in [0.15, 0.2) is 19.6 Å². The van der Waals surface area contributed by atoms with E-state index in [1.807, 2.05) is 6.07 Å². The van der Waals surface area contributed by atoms with Crippen LogP contribution in [-0.2, 0) is 9.47 Å². The van der Waals surface area contributed by atoms with Crippen LogP contribution >= 0.6 is 31.9 Å². The van der Waals surface area contributed by atoms with Gasteiger partial charge in [-0.2, -0.15) is 0 Å². The van der Waals surface area contributed by atoms with Gasteiger partial charge in [0.15, 0.2) is 4.67 Å². The van der Waals surface area contributed by atoms with Crippen LogP contribution in [0.3, 0.4) is 0 Å². The molecule has 1 N–H and O–H groups in total. The fourth-order valence-corrected chi connectivity index (χ4v) is 2.94. The Bertz CT molecular complexity index is 378. The van der Waals surface area contributed by atoms with E-state index in [0.717, 1.165) is 54.0 Å². The lowest BCUT2D eigenvalue weighted by atomic mass is 9.92. The van der Waals surface area contributed by atoms with Gasteiger partial charge in [0.1, 0.15) is 11.9 Å². The number of halogens is 2. The Labute approximate surface area is 130 Å². The fraction of sp³-hybridized carbons (Fsp3) is 0.692. The highest BCUT2D eigenvalue weighted by molar-refractivity contribution is 9.13. The first kappa shape index (κ1) is 15.5. The third-order valence-electron chi connectivity index (χ3n) is 3.28. The summed E-state index contributed by atoms with van der Waals surface area (Å²) in [6.45, 7) is 3.32. The molecular formula is C13H19Br2NO3. The van der Waals surface area contributed by atoms with Crippen molar-refractivity contribution in [1.82, 2.24) is 5.32 Å². The van der Waals surface area contributed by atoms with Gasteiger partial charge in [-0.05, 0) is 50.8 Å². The number of hydrogen-bond donors (Lipinski definition) is 1. The third kappa shape index (κ3) is 4.29. The molecule has 1 aromatic heterocycles. The van der Waals surface area contributed by atoms with Gasteiger partial charge in [-0.3, -0.25) is 0 Å². The van der Waals surface area contributed by atoms with Gasteiger partial charge in [-0.1, -0.05) is 0 Å². The quantitative estimate of drug-likeness (QED) is 0.747. The smallest absolute Gasteiger partial charge is 0.183 e. The lowest BCUT2D eigenvalue weighted by molar-refractivity contribution is -0.0401. The van der Waals surface area contributed by atoms with Gasteiger partial charge in [0, 0.05) is 32.7 Å². The molecule has 2 atom stereocenters. The van der Waals surface area contributed by atoms with Gasteiger partial charge in [0.25, 0.3) is 0 Å². The zero-order chi connectivity index (χ0) is 13.7. The van der Waals surface area contributed by atoms with Crippen LogP contribution in [0.2, 0.25) is 0 Å². The minimum atomic E-state index is 0.0337. The largest absolute Gasteiger partial charge is 0.450 e. The van der Waals surface area contributed by atoms with Crippen LogP contribution in [0.1, 0.15) is 24.7 Å². The molecule has 1 aromatic rings. The van der Waals surface area contributed by atoms with Gasteiger partial charge in [0.05, 0.1) is 11.1 Å². The monoisotopic (exact) mass is 395 g/mol. The second-order valence-electron chi connectivity index (χ2n) is 4.66. The van der Waals surface area contributed by atoms with Gasteiger partial charge in [-0.15, -0.1) is 0 Å². The van der Waals surface area contributed by atoms with E-state index in [0.29, 0.717) is 5.92 Å². The molecule has 1 aliphatic rings. The van der Waals surface area contributed by atoms with Crippen LogP contribution in [-0.4, -0.2) is 33.4 Å².